The normalized spacial score (nSPS) is 12.5. The van der Waals surface area contributed by atoms with Crippen LogP contribution in [-0.4, -0.2) is 0 Å². The average molecular weight is 301 g/mol. The van der Waals surface area contributed by atoms with E-state index in [0.717, 1.165) is 22.8 Å². The highest BCUT2D eigenvalue weighted by atomic mass is 35.5. The van der Waals surface area contributed by atoms with Crippen molar-refractivity contribution in [2.45, 2.75) is 19.2 Å². The minimum absolute atomic E-state index is 0.257. The summed E-state index contributed by atoms with van der Waals surface area (Å²) in [7, 11) is 0. The van der Waals surface area contributed by atoms with Gasteiger partial charge < -0.3 is 0 Å². The lowest BCUT2D eigenvalue weighted by molar-refractivity contribution is 0.573. The van der Waals surface area contributed by atoms with Crippen LogP contribution in [0.5, 0.6) is 0 Å². The second kappa shape index (κ2) is 5.48. The molecule has 0 heterocycles. The van der Waals surface area contributed by atoms with E-state index in [2.05, 4.69) is 0 Å². The second-order valence-corrected chi connectivity index (χ2v) is 5.33. The van der Waals surface area contributed by atoms with E-state index in [1.165, 1.54) is 12.1 Å². The van der Waals surface area contributed by atoms with Crippen LogP contribution >= 0.6 is 23.2 Å². The van der Waals surface area contributed by atoms with Gasteiger partial charge >= 0.3 is 0 Å². The largest absolute Gasteiger partial charge is 0.207 e. The van der Waals surface area contributed by atoms with Gasteiger partial charge in [-0.2, -0.15) is 0 Å². The molecule has 4 heteroatoms. The van der Waals surface area contributed by atoms with Crippen LogP contribution in [0.2, 0.25) is 5.02 Å². The van der Waals surface area contributed by atoms with Gasteiger partial charge in [0.15, 0.2) is 0 Å². The molecule has 100 valence electrons. The Morgan fingerprint density at radius 2 is 1.63 bits per heavy atom. The lowest BCUT2D eigenvalue weighted by Gasteiger charge is -2.15. The van der Waals surface area contributed by atoms with Crippen molar-refractivity contribution in [3.63, 3.8) is 0 Å². The van der Waals surface area contributed by atoms with E-state index in [4.69, 9.17) is 23.2 Å². The van der Waals surface area contributed by atoms with Gasteiger partial charge in [0.2, 0.25) is 0 Å². The van der Waals surface area contributed by atoms with Crippen LogP contribution in [0.15, 0.2) is 30.3 Å². The molecule has 0 aliphatic rings. The van der Waals surface area contributed by atoms with Crippen molar-refractivity contribution in [3.05, 3.63) is 69.2 Å². The zero-order valence-corrected chi connectivity index (χ0v) is 12.0. The Hall–Kier alpha value is -1.12. The minimum Gasteiger partial charge on any atom is -0.207 e. The van der Waals surface area contributed by atoms with Crippen LogP contribution in [0.1, 0.15) is 27.6 Å². The fourth-order valence-corrected chi connectivity index (χ4v) is 2.58. The van der Waals surface area contributed by atoms with Gasteiger partial charge in [-0.3, -0.25) is 0 Å². The first kappa shape index (κ1) is 14.3. The van der Waals surface area contributed by atoms with E-state index < -0.39 is 17.0 Å². The maximum atomic E-state index is 13.7. The van der Waals surface area contributed by atoms with E-state index in [1.807, 2.05) is 19.9 Å². The topological polar surface area (TPSA) is 0 Å². The van der Waals surface area contributed by atoms with Gasteiger partial charge in [-0.05, 0) is 42.7 Å². The molecule has 0 radical (unpaired) electrons. The third-order valence-corrected chi connectivity index (χ3v) is 3.93. The molecule has 0 aliphatic heterocycles. The summed E-state index contributed by atoms with van der Waals surface area (Å²) in [6, 6.07) is 7.03. The minimum atomic E-state index is -0.670. The van der Waals surface area contributed by atoms with E-state index >= 15 is 0 Å². The number of benzene rings is 2. The van der Waals surface area contributed by atoms with Crippen LogP contribution < -0.4 is 0 Å². The molecule has 1 unspecified atom stereocenters. The van der Waals surface area contributed by atoms with Crippen molar-refractivity contribution in [2.75, 3.05) is 0 Å². The molecular formula is C15H12Cl2F2. The van der Waals surface area contributed by atoms with Crippen molar-refractivity contribution >= 4 is 23.2 Å². The number of alkyl halides is 1. The van der Waals surface area contributed by atoms with Gasteiger partial charge in [0.25, 0.3) is 0 Å². The maximum Gasteiger partial charge on any atom is 0.131 e. The summed E-state index contributed by atoms with van der Waals surface area (Å²) in [6.07, 6.45) is 0. The Morgan fingerprint density at radius 1 is 0.947 bits per heavy atom. The van der Waals surface area contributed by atoms with Crippen molar-refractivity contribution in [1.82, 2.24) is 0 Å². The Morgan fingerprint density at radius 3 is 2.26 bits per heavy atom. The van der Waals surface area contributed by atoms with Gasteiger partial charge in [0, 0.05) is 16.7 Å². The first-order chi connectivity index (χ1) is 8.90. The molecule has 0 aromatic heterocycles. The average Bonchev–Trinajstić information content (AvgIpc) is 2.33. The van der Waals surface area contributed by atoms with E-state index in [9.17, 15) is 8.78 Å². The molecule has 2 rings (SSSR count). The van der Waals surface area contributed by atoms with Crippen LogP contribution in [0.3, 0.4) is 0 Å². The van der Waals surface area contributed by atoms with Gasteiger partial charge in [0.05, 0.1) is 5.38 Å². The van der Waals surface area contributed by atoms with Gasteiger partial charge in [-0.1, -0.05) is 23.7 Å². The summed E-state index contributed by atoms with van der Waals surface area (Å²) < 4.78 is 26.7. The Bertz CT molecular complexity index is 624. The number of aryl methyl sites for hydroxylation is 2. The molecule has 0 amide bonds. The van der Waals surface area contributed by atoms with E-state index in [1.54, 1.807) is 6.07 Å². The Kier molecular flexibility index (Phi) is 4.12. The number of rotatable bonds is 2. The highest BCUT2D eigenvalue weighted by Crippen LogP contribution is 2.35. The van der Waals surface area contributed by atoms with Crippen molar-refractivity contribution < 1.29 is 8.78 Å². The molecule has 0 saturated carbocycles. The first-order valence-electron chi connectivity index (χ1n) is 5.76. The predicted molar refractivity (Wildman–Crippen MR) is 75.0 cm³/mol. The third-order valence-electron chi connectivity index (χ3n) is 3.06. The molecule has 19 heavy (non-hydrogen) atoms. The molecule has 0 spiro atoms. The molecule has 0 bridgehead atoms. The number of halogens is 4. The van der Waals surface area contributed by atoms with Crippen LogP contribution in [0.4, 0.5) is 8.78 Å². The van der Waals surface area contributed by atoms with Crippen molar-refractivity contribution in [3.8, 4) is 0 Å². The van der Waals surface area contributed by atoms with Crippen molar-refractivity contribution in [2.24, 2.45) is 0 Å². The van der Waals surface area contributed by atoms with E-state index in [0.29, 0.717) is 5.02 Å². The maximum absolute atomic E-state index is 13.7. The van der Waals surface area contributed by atoms with Gasteiger partial charge in [0.1, 0.15) is 11.6 Å². The van der Waals surface area contributed by atoms with Crippen LogP contribution in [-0.2, 0) is 0 Å². The SMILES string of the molecule is Cc1cc(C(Cl)c2ccc(F)cc2F)c(C)cc1Cl. The fraction of sp³-hybridized carbons (Fsp3) is 0.200. The summed E-state index contributed by atoms with van der Waals surface area (Å²) in [5.74, 6) is -1.26. The smallest absolute Gasteiger partial charge is 0.131 e. The highest BCUT2D eigenvalue weighted by molar-refractivity contribution is 6.31. The molecule has 2 aromatic carbocycles. The van der Waals surface area contributed by atoms with Gasteiger partial charge in [-0.15, -0.1) is 11.6 Å². The summed E-state index contributed by atoms with van der Waals surface area (Å²) in [4.78, 5) is 0. The lowest BCUT2D eigenvalue weighted by atomic mass is 9.97. The Labute approximate surface area is 121 Å². The highest BCUT2D eigenvalue weighted by Gasteiger charge is 2.18. The third kappa shape index (κ3) is 2.90. The Balaban J connectivity index is 2.49. The van der Waals surface area contributed by atoms with Gasteiger partial charge in [-0.25, -0.2) is 8.78 Å². The second-order valence-electron chi connectivity index (χ2n) is 4.49. The predicted octanol–water partition coefficient (Wildman–Crippen LogP) is 5.56. The molecule has 1 atom stereocenters. The monoisotopic (exact) mass is 300 g/mol. The molecule has 0 saturated heterocycles. The first-order valence-corrected chi connectivity index (χ1v) is 6.57. The summed E-state index contributed by atoms with van der Waals surface area (Å²) in [5.41, 5.74) is 2.77. The van der Waals surface area contributed by atoms with E-state index in [-0.39, 0.29) is 5.56 Å². The summed E-state index contributed by atoms with van der Waals surface area (Å²) >= 11 is 12.3. The molecule has 0 N–H and O–H groups in total. The van der Waals surface area contributed by atoms with Crippen LogP contribution in [0, 0.1) is 25.5 Å². The molecular weight excluding hydrogens is 289 g/mol. The zero-order valence-electron chi connectivity index (χ0n) is 10.5. The standard InChI is InChI=1S/C15H12Cl2F2/c1-8-6-13(16)9(2)5-12(8)15(17)11-4-3-10(18)7-14(11)19/h3-7,15H,1-2H3. The number of hydrogen-bond donors (Lipinski definition) is 0. The molecule has 0 nitrogen and oxygen atoms in total. The molecule has 0 aliphatic carbocycles. The summed E-state index contributed by atoms with van der Waals surface area (Å²) in [6.45, 7) is 3.72. The lowest BCUT2D eigenvalue weighted by Crippen LogP contribution is -2.01. The number of hydrogen-bond acceptors (Lipinski definition) is 0. The fourth-order valence-electron chi connectivity index (χ4n) is 1.95. The quantitative estimate of drug-likeness (QED) is 0.637. The molecule has 2 aromatic rings. The van der Waals surface area contributed by atoms with Crippen molar-refractivity contribution in [1.29, 1.82) is 0 Å². The van der Waals surface area contributed by atoms with Crippen LogP contribution in [0.25, 0.3) is 0 Å². The molecule has 0 fully saturated rings. The summed E-state index contributed by atoms with van der Waals surface area (Å²) in [5, 5.41) is -0.0266. The zero-order chi connectivity index (χ0) is 14.2.